The van der Waals surface area contributed by atoms with E-state index in [0.29, 0.717) is 35.9 Å². The minimum Gasteiger partial charge on any atom is -0.339 e. The average Bonchev–Trinajstić information content (AvgIpc) is 3.11. The summed E-state index contributed by atoms with van der Waals surface area (Å²) in [6, 6.07) is 11.2. The highest BCUT2D eigenvalue weighted by atomic mass is 16.6. The van der Waals surface area contributed by atoms with Crippen LogP contribution in [0.5, 0.6) is 0 Å². The minimum atomic E-state index is -0.510. The first-order valence-electron chi connectivity index (χ1n) is 7.90. The molecule has 1 aromatic carbocycles. The molecule has 0 spiro atoms. The molecule has 0 aliphatic heterocycles. The lowest BCUT2D eigenvalue weighted by molar-refractivity contribution is -0.384. The summed E-state index contributed by atoms with van der Waals surface area (Å²) in [5, 5.41) is 17.2. The first-order chi connectivity index (χ1) is 12.6. The molecular formula is C17H15N5O4. The normalized spacial score (nSPS) is 10.5. The lowest BCUT2D eigenvalue weighted by Gasteiger charge is -2.04. The molecule has 0 bridgehead atoms. The lowest BCUT2D eigenvalue weighted by Crippen LogP contribution is -2.11. The predicted molar refractivity (Wildman–Crippen MR) is 92.2 cm³/mol. The van der Waals surface area contributed by atoms with Gasteiger partial charge in [-0.2, -0.15) is 4.98 Å². The van der Waals surface area contributed by atoms with Crippen molar-refractivity contribution < 1.29 is 14.2 Å². The van der Waals surface area contributed by atoms with Crippen LogP contribution in [0.25, 0.3) is 11.5 Å². The van der Waals surface area contributed by atoms with E-state index in [9.17, 15) is 14.9 Å². The van der Waals surface area contributed by atoms with Crippen LogP contribution in [0.1, 0.15) is 18.7 Å². The lowest BCUT2D eigenvalue weighted by atomic mass is 10.2. The highest BCUT2D eigenvalue weighted by molar-refractivity contribution is 5.90. The van der Waals surface area contributed by atoms with E-state index in [-0.39, 0.29) is 18.0 Å². The third kappa shape index (κ3) is 4.47. The molecule has 0 saturated heterocycles. The highest BCUT2D eigenvalue weighted by Crippen LogP contribution is 2.17. The fourth-order valence-electron chi connectivity index (χ4n) is 2.28. The van der Waals surface area contributed by atoms with E-state index in [4.69, 9.17) is 4.52 Å². The maximum atomic E-state index is 12.0. The molecule has 9 nitrogen and oxygen atoms in total. The molecule has 26 heavy (non-hydrogen) atoms. The Morgan fingerprint density at radius 3 is 2.88 bits per heavy atom. The summed E-state index contributed by atoms with van der Waals surface area (Å²) < 4.78 is 5.15. The Bertz CT molecular complexity index is 910. The quantitative estimate of drug-likeness (QED) is 0.511. The molecule has 3 rings (SSSR count). The van der Waals surface area contributed by atoms with E-state index in [1.807, 2.05) is 6.07 Å². The SMILES string of the molecule is O=C(CCCc1nc(-c2ccccn2)no1)Nc1cccc([N+](=O)[O-])c1. The average molecular weight is 353 g/mol. The van der Waals surface area contributed by atoms with Gasteiger partial charge >= 0.3 is 0 Å². The Kier molecular flexibility index (Phi) is 5.28. The molecule has 1 amide bonds. The molecule has 2 aromatic heterocycles. The minimum absolute atomic E-state index is 0.0734. The van der Waals surface area contributed by atoms with Crippen molar-refractivity contribution in [3.63, 3.8) is 0 Å². The molecule has 0 atom stereocenters. The van der Waals surface area contributed by atoms with Gasteiger partial charge < -0.3 is 9.84 Å². The number of aryl methyl sites for hydroxylation is 1. The molecule has 0 unspecified atom stereocenters. The van der Waals surface area contributed by atoms with Gasteiger partial charge in [-0.25, -0.2) is 0 Å². The van der Waals surface area contributed by atoms with Crippen molar-refractivity contribution in [3.05, 3.63) is 64.7 Å². The molecule has 0 saturated carbocycles. The Morgan fingerprint density at radius 1 is 1.23 bits per heavy atom. The molecule has 0 radical (unpaired) electrons. The zero-order valence-corrected chi connectivity index (χ0v) is 13.7. The van der Waals surface area contributed by atoms with Gasteiger partial charge in [0.25, 0.3) is 5.69 Å². The van der Waals surface area contributed by atoms with Crippen LogP contribution in [-0.2, 0) is 11.2 Å². The smallest absolute Gasteiger partial charge is 0.271 e. The van der Waals surface area contributed by atoms with E-state index < -0.39 is 4.92 Å². The van der Waals surface area contributed by atoms with Gasteiger partial charge in [0, 0.05) is 36.9 Å². The Hall–Kier alpha value is -3.62. The zero-order chi connectivity index (χ0) is 18.4. The summed E-state index contributed by atoms with van der Waals surface area (Å²) in [7, 11) is 0. The fourth-order valence-corrected chi connectivity index (χ4v) is 2.28. The van der Waals surface area contributed by atoms with Gasteiger partial charge in [-0.3, -0.25) is 19.9 Å². The van der Waals surface area contributed by atoms with Crippen LogP contribution < -0.4 is 5.32 Å². The summed E-state index contributed by atoms with van der Waals surface area (Å²) in [6.45, 7) is 0. The molecule has 132 valence electrons. The molecule has 1 N–H and O–H groups in total. The van der Waals surface area contributed by atoms with Crippen LogP contribution in [-0.4, -0.2) is 26.0 Å². The summed E-state index contributed by atoms with van der Waals surface area (Å²) >= 11 is 0. The number of nitrogens with one attached hydrogen (secondary N) is 1. The standard InChI is InChI=1S/C17H15N5O4/c23-15(19-12-5-3-6-13(11-12)22(24)25)8-4-9-16-20-17(21-26-16)14-7-1-2-10-18-14/h1-3,5-7,10-11H,4,8-9H2,(H,19,23). The van der Waals surface area contributed by atoms with Crippen molar-refractivity contribution in [1.29, 1.82) is 0 Å². The van der Waals surface area contributed by atoms with Crippen LogP contribution in [0.2, 0.25) is 0 Å². The second-order valence-corrected chi connectivity index (χ2v) is 5.44. The first-order valence-corrected chi connectivity index (χ1v) is 7.90. The summed E-state index contributed by atoms with van der Waals surface area (Å²) in [4.78, 5) is 30.6. The number of nitrogens with zero attached hydrogens (tertiary/aromatic N) is 4. The molecule has 9 heteroatoms. The number of hydrogen-bond acceptors (Lipinski definition) is 7. The van der Waals surface area contributed by atoms with E-state index >= 15 is 0 Å². The number of rotatable bonds is 7. The second kappa shape index (κ2) is 7.97. The van der Waals surface area contributed by atoms with Crippen molar-refractivity contribution in [2.24, 2.45) is 0 Å². The number of carbonyl (C=O) groups excluding carboxylic acids is 1. The molecule has 2 heterocycles. The van der Waals surface area contributed by atoms with E-state index in [0.717, 1.165) is 0 Å². The summed E-state index contributed by atoms with van der Waals surface area (Å²) in [5.74, 6) is 0.588. The Morgan fingerprint density at radius 2 is 2.12 bits per heavy atom. The van der Waals surface area contributed by atoms with Crippen LogP contribution in [0, 0.1) is 10.1 Å². The monoisotopic (exact) mass is 353 g/mol. The zero-order valence-electron chi connectivity index (χ0n) is 13.7. The number of anilines is 1. The van der Waals surface area contributed by atoms with Gasteiger partial charge in [-0.1, -0.05) is 17.3 Å². The molecular weight excluding hydrogens is 338 g/mol. The third-order valence-corrected chi connectivity index (χ3v) is 3.50. The molecule has 0 aliphatic rings. The van der Waals surface area contributed by atoms with Crippen molar-refractivity contribution in [1.82, 2.24) is 15.1 Å². The summed E-state index contributed by atoms with van der Waals surface area (Å²) in [6.07, 6.45) is 2.82. The topological polar surface area (TPSA) is 124 Å². The number of nitro groups is 1. The van der Waals surface area contributed by atoms with Gasteiger partial charge in [0.05, 0.1) is 4.92 Å². The number of aromatic nitrogens is 3. The van der Waals surface area contributed by atoms with Crippen LogP contribution in [0.15, 0.2) is 53.2 Å². The van der Waals surface area contributed by atoms with E-state index in [1.54, 1.807) is 24.4 Å². The highest BCUT2D eigenvalue weighted by Gasteiger charge is 2.11. The maximum Gasteiger partial charge on any atom is 0.271 e. The predicted octanol–water partition coefficient (Wildman–Crippen LogP) is 3.00. The fraction of sp³-hybridized carbons (Fsp3) is 0.176. The van der Waals surface area contributed by atoms with Crippen molar-refractivity contribution >= 4 is 17.3 Å². The van der Waals surface area contributed by atoms with Gasteiger partial charge in [-0.05, 0) is 24.6 Å². The number of nitro benzene ring substituents is 1. The first kappa shape index (κ1) is 17.2. The van der Waals surface area contributed by atoms with Crippen LogP contribution in [0.4, 0.5) is 11.4 Å². The van der Waals surface area contributed by atoms with Gasteiger partial charge in [0.1, 0.15) is 5.69 Å². The van der Waals surface area contributed by atoms with Crippen molar-refractivity contribution in [3.8, 4) is 11.5 Å². The Balaban J connectivity index is 1.49. The van der Waals surface area contributed by atoms with Crippen LogP contribution in [0.3, 0.4) is 0 Å². The van der Waals surface area contributed by atoms with Crippen molar-refractivity contribution in [2.75, 3.05) is 5.32 Å². The number of benzene rings is 1. The Labute approximate surface area is 148 Å². The van der Waals surface area contributed by atoms with Crippen LogP contribution >= 0.6 is 0 Å². The van der Waals surface area contributed by atoms with E-state index in [1.165, 1.54) is 18.2 Å². The number of non-ortho nitro benzene ring substituents is 1. The second-order valence-electron chi connectivity index (χ2n) is 5.44. The van der Waals surface area contributed by atoms with E-state index in [2.05, 4.69) is 20.4 Å². The number of pyridine rings is 1. The largest absolute Gasteiger partial charge is 0.339 e. The van der Waals surface area contributed by atoms with Crippen molar-refractivity contribution in [2.45, 2.75) is 19.3 Å². The molecule has 0 fully saturated rings. The third-order valence-electron chi connectivity index (χ3n) is 3.50. The molecule has 0 aliphatic carbocycles. The number of hydrogen-bond donors (Lipinski definition) is 1. The number of amides is 1. The van der Waals surface area contributed by atoms with Gasteiger partial charge in [-0.15, -0.1) is 0 Å². The maximum absolute atomic E-state index is 12.0. The number of carbonyl (C=O) groups is 1. The summed E-state index contributed by atoms with van der Waals surface area (Å²) in [5.41, 5.74) is 0.932. The molecule has 3 aromatic rings. The van der Waals surface area contributed by atoms with Gasteiger partial charge in [0.15, 0.2) is 0 Å². The van der Waals surface area contributed by atoms with Gasteiger partial charge in [0.2, 0.25) is 17.6 Å².